The fourth-order valence-corrected chi connectivity index (χ4v) is 3.55. The molecule has 12 heteroatoms. The van der Waals surface area contributed by atoms with Gasteiger partial charge in [0.25, 0.3) is 5.71 Å². The Hall–Kier alpha value is -3.85. The first-order valence-corrected chi connectivity index (χ1v) is 9.88. The number of fused-ring (bicyclic) bond motifs is 1. The summed E-state index contributed by atoms with van der Waals surface area (Å²) in [6.45, 7) is 1.86. The second-order valence-corrected chi connectivity index (χ2v) is 7.36. The molecule has 3 N–H and O–H groups in total. The van der Waals surface area contributed by atoms with Crippen LogP contribution in [0, 0.1) is 11.3 Å². The Kier molecular flexibility index (Phi) is 7.03. The molecular formula is C21H20F3N5O4. The van der Waals surface area contributed by atoms with Crippen molar-refractivity contribution in [3.63, 3.8) is 0 Å². The molecule has 33 heavy (non-hydrogen) atoms. The number of nitriles is 1. The Labute approximate surface area is 185 Å². The number of carboxylic acids is 1. The van der Waals surface area contributed by atoms with E-state index in [2.05, 4.69) is 16.0 Å². The van der Waals surface area contributed by atoms with Gasteiger partial charge in [-0.15, -0.1) is 0 Å². The number of carboxylic acid groups (broad SMARTS) is 1. The number of benzene rings is 1. The van der Waals surface area contributed by atoms with Crippen molar-refractivity contribution in [1.29, 1.82) is 5.26 Å². The summed E-state index contributed by atoms with van der Waals surface area (Å²) in [6, 6.07) is 11.4. The molecule has 0 radical (unpaired) electrons. The van der Waals surface area contributed by atoms with Gasteiger partial charge in [0.05, 0.1) is 23.9 Å². The lowest BCUT2D eigenvalue weighted by Gasteiger charge is -2.32. The molecule has 1 aliphatic heterocycles. The number of rotatable bonds is 3. The average molecular weight is 463 g/mol. The molecule has 0 bridgehead atoms. The standard InChI is InChI=1S/C19H19N5O2.C2HF3O2/c20-10-13-4-1-2-5-14(13)11-24-17-16(23-9-3-6-15(21)12-23)7-8-22-18(17)26-19(24)25;3-2(4,5)1(6)7/h1-2,4-5,7-8,15H,3,6,9,11-12,21H2;(H,6,7)/t15-;/m1./s1. The van der Waals surface area contributed by atoms with Gasteiger partial charge in [0, 0.05) is 25.3 Å². The molecule has 3 heterocycles. The van der Waals surface area contributed by atoms with Crippen LogP contribution in [0.15, 0.2) is 45.7 Å². The van der Waals surface area contributed by atoms with Crippen LogP contribution < -0.4 is 16.4 Å². The van der Waals surface area contributed by atoms with E-state index in [0.717, 1.165) is 37.2 Å². The lowest BCUT2D eigenvalue weighted by molar-refractivity contribution is -0.192. The summed E-state index contributed by atoms with van der Waals surface area (Å²) in [7, 11) is 0. The van der Waals surface area contributed by atoms with Crippen LogP contribution in [0.3, 0.4) is 0 Å². The molecule has 0 spiro atoms. The number of oxazole rings is 1. The molecular weight excluding hydrogens is 443 g/mol. The molecule has 1 aliphatic rings. The van der Waals surface area contributed by atoms with E-state index < -0.39 is 17.9 Å². The van der Waals surface area contributed by atoms with Crippen LogP contribution in [0.5, 0.6) is 0 Å². The van der Waals surface area contributed by atoms with Gasteiger partial charge in [0.2, 0.25) is 0 Å². The Morgan fingerprint density at radius 2 is 2.03 bits per heavy atom. The highest BCUT2D eigenvalue weighted by Gasteiger charge is 2.38. The van der Waals surface area contributed by atoms with Crippen LogP contribution in [0.1, 0.15) is 24.0 Å². The van der Waals surface area contributed by atoms with Gasteiger partial charge in [0.15, 0.2) is 0 Å². The Morgan fingerprint density at radius 3 is 2.67 bits per heavy atom. The molecule has 1 saturated heterocycles. The fourth-order valence-electron chi connectivity index (χ4n) is 3.55. The molecule has 1 atom stereocenters. The SMILES string of the molecule is N#Cc1ccccc1Cn1c(=O)oc2nccc(N3CCC[C@@H](N)C3)c21.O=C(O)C(F)(F)F. The van der Waals surface area contributed by atoms with Gasteiger partial charge in [-0.1, -0.05) is 18.2 Å². The van der Waals surface area contributed by atoms with E-state index in [1.807, 2.05) is 18.2 Å². The minimum Gasteiger partial charge on any atom is -0.475 e. The third-order valence-electron chi connectivity index (χ3n) is 5.05. The van der Waals surface area contributed by atoms with Crippen LogP contribution in [0.25, 0.3) is 11.2 Å². The topological polar surface area (TPSA) is 138 Å². The van der Waals surface area contributed by atoms with E-state index >= 15 is 0 Å². The minimum atomic E-state index is -5.08. The molecule has 0 aliphatic carbocycles. The number of aliphatic carboxylic acids is 1. The van der Waals surface area contributed by atoms with Gasteiger partial charge in [-0.3, -0.25) is 4.57 Å². The number of aromatic nitrogens is 2. The molecule has 0 saturated carbocycles. The number of anilines is 1. The van der Waals surface area contributed by atoms with E-state index in [1.165, 1.54) is 0 Å². The summed E-state index contributed by atoms with van der Waals surface area (Å²) in [5, 5.41) is 16.4. The fraction of sp³-hybridized carbons (Fsp3) is 0.333. The zero-order valence-corrected chi connectivity index (χ0v) is 17.2. The van der Waals surface area contributed by atoms with E-state index in [1.54, 1.807) is 22.9 Å². The predicted molar refractivity (Wildman–Crippen MR) is 112 cm³/mol. The molecule has 1 fully saturated rings. The summed E-state index contributed by atoms with van der Waals surface area (Å²) in [5.41, 5.74) is 9.29. The lowest BCUT2D eigenvalue weighted by atomic mass is 10.1. The molecule has 1 aromatic carbocycles. The first kappa shape index (κ1) is 23.8. The lowest BCUT2D eigenvalue weighted by Crippen LogP contribution is -2.43. The van der Waals surface area contributed by atoms with E-state index in [0.29, 0.717) is 16.8 Å². The number of hydrogen-bond acceptors (Lipinski definition) is 7. The summed E-state index contributed by atoms with van der Waals surface area (Å²) in [5.74, 6) is -3.23. The van der Waals surface area contributed by atoms with Crippen molar-refractivity contribution >= 4 is 22.9 Å². The van der Waals surface area contributed by atoms with Gasteiger partial charge in [-0.25, -0.2) is 14.6 Å². The highest BCUT2D eigenvalue weighted by molar-refractivity contribution is 5.85. The van der Waals surface area contributed by atoms with Crippen molar-refractivity contribution in [3.8, 4) is 6.07 Å². The van der Waals surface area contributed by atoms with Gasteiger partial charge in [-0.05, 0) is 30.5 Å². The number of nitrogens with zero attached hydrogens (tertiary/aromatic N) is 4. The number of carbonyl (C=O) groups is 1. The van der Waals surface area contributed by atoms with Crippen LogP contribution >= 0.6 is 0 Å². The second kappa shape index (κ2) is 9.74. The van der Waals surface area contributed by atoms with Crippen LogP contribution in [-0.4, -0.2) is 45.9 Å². The summed E-state index contributed by atoms with van der Waals surface area (Å²) < 4.78 is 38.6. The number of piperidine rings is 1. The monoisotopic (exact) mass is 463 g/mol. The maximum Gasteiger partial charge on any atom is 0.490 e. The Balaban J connectivity index is 0.000000383. The zero-order chi connectivity index (χ0) is 24.2. The molecule has 0 unspecified atom stereocenters. The summed E-state index contributed by atoms with van der Waals surface area (Å²) in [6.07, 6.45) is -1.43. The number of alkyl halides is 3. The van der Waals surface area contributed by atoms with Gasteiger partial charge >= 0.3 is 17.9 Å². The van der Waals surface area contributed by atoms with Crippen molar-refractivity contribution in [1.82, 2.24) is 9.55 Å². The molecule has 3 aromatic rings. The van der Waals surface area contributed by atoms with Gasteiger partial charge < -0.3 is 20.2 Å². The highest BCUT2D eigenvalue weighted by atomic mass is 19.4. The van der Waals surface area contributed by atoms with Crippen molar-refractivity contribution in [2.45, 2.75) is 31.6 Å². The molecule has 9 nitrogen and oxygen atoms in total. The zero-order valence-electron chi connectivity index (χ0n) is 17.2. The first-order valence-electron chi connectivity index (χ1n) is 9.88. The van der Waals surface area contributed by atoms with Crippen molar-refractivity contribution in [2.75, 3.05) is 18.0 Å². The third-order valence-corrected chi connectivity index (χ3v) is 5.05. The Morgan fingerprint density at radius 1 is 1.33 bits per heavy atom. The average Bonchev–Trinajstić information content (AvgIpc) is 3.09. The Bertz CT molecular complexity index is 1250. The molecule has 0 amide bonds. The number of nitrogens with two attached hydrogens (primary N) is 1. The number of hydrogen-bond donors (Lipinski definition) is 2. The minimum absolute atomic E-state index is 0.110. The van der Waals surface area contributed by atoms with E-state index in [9.17, 15) is 23.2 Å². The maximum atomic E-state index is 12.5. The van der Waals surface area contributed by atoms with Crippen LogP contribution in [-0.2, 0) is 11.3 Å². The summed E-state index contributed by atoms with van der Waals surface area (Å²) in [4.78, 5) is 27.8. The normalized spacial score (nSPS) is 16.1. The van der Waals surface area contributed by atoms with Crippen molar-refractivity contribution < 1.29 is 27.5 Å². The van der Waals surface area contributed by atoms with Crippen LogP contribution in [0.4, 0.5) is 18.9 Å². The quantitative estimate of drug-likeness (QED) is 0.604. The van der Waals surface area contributed by atoms with Gasteiger partial charge in [-0.2, -0.15) is 18.4 Å². The second-order valence-electron chi connectivity index (χ2n) is 7.36. The van der Waals surface area contributed by atoms with E-state index in [-0.39, 0.29) is 12.6 Å². The smallest absolute Gasteiger partial charge is 0.475 e. The van der Waals surface area contributed by atoms with E-state index in [4.69, 9.17) is 20.1 Å². The van der Waals surface area contributed by atoms with Gasteiger partial charge in [0.1, 0.15) is 5.52 Å². The predicted octanol–water partition coefficient (Wildman–Crippen LogP) is 2.47. The molecule has 4 rings (SSSR count). The molecule has 174 valence electrons. The number of pyridine rings is 1. The van der Waals surface area contributed by atoms with Crippen molar-refractivity contribution in [2.24, 2.45) is 5.73 Å². The highest BCUT2D eigenvalue weighted by Crippen LogP contribution is 2.28. The molecule has 2 aromatic heterocycles. The van der Waals surface area contributed by atoms with Crippen LogP contribution in [0.2, 0.25) is 0 Å². The first-order chi connectivity index (χ1) is 15.6. The largest absolute Gasteiger partial charge is 0.490 e. The van der Waals surface area contributed by atoms with Crippen molar-refractivity contribution in [3.05, 3.63) is 58.2 Å². The third kappa shape index (κ3) is 5.50. The number of halogens is 3. The maximum absolute atomic E-state index is 12.5. The summed E-state index contributed by atoms with van der Waals surface area (Å²) >= 11 is 0.